The zero-order chi connectivity index (χ0) is 14.3. The molecule has 0 aliphatic rings. The molecule has 2 heterocycles. The van der Waals surface area contributed by atoms with Crippen LogP contribution < -0.4 is 0 Å². The van der Waals surface area contributed by atoms with Crippen molar-refractivity contribution in [2.75, 3.05) is 0 Å². The smallest absolute Gasteiger partial charge is 0.182 e. The molecule has 0 fully saturated rings. The second kappa shape index (κ2) is 5.14. The SMILES string of the molecule is CC(C)c1c[nH]c(=S)n1-c1cccc2cc(Br)cnc12. The Morgan fingerprint density at radius 2 is 2.15 bits per heavy atom. The molecule has 5 heteroatoms. The minimum atomic E-state index is 0.383. The summed E-state index contributed by atoms with van der Waals surface area (Å²) in [5, 5.41) is 1.09. The number of hydrogen-bond acceptors (Lipinski definition) is 2. The van der Waals surface area contributed by atoms with Crippen molar-refractivity contribution in [2.24, 2.45) is 0 Å². The van der Waals surface area contributed by atoms with E-state index in [2.05, 4.69) is 62.5 Å². The van der Waals surface area contributed by atoms with Crippen LogP contribution in [0.5, 0.6) is 0 Å². The molecule has 102 valence electrons. The Morgan fingerprint density at radius 3 is 2.90 bits per heavy atom. The van der Waals surface area contributed by atoms with Crippen molar-refractivity contribution in [3.63, 3.8) is 0 Å². The summed E-state index contributed by atoms with van der Waals surface area (Å²) in [5.74, 6) is 0.383. The van der Waals surface area contributed by atoms with E-state index in [1.165, 1.54) is 0 Å². The predicted octanol–water partition coefficient (Wildman–Crippen LogP) is 4.97. The molecule has 0 saturated carbocycles. The fourth-order valence-corrected chi connectivity index (χ4v) is 2.97. The second-order valence-electron chi connectivity index (χ2n) is 5.01. The molecule has 1 aromatic carbocycles. The zero-order valence-electron chi connectivity index (χ0n) is 11.2. The maximum Gasteiger partial charge on any atom is 0.182 e. The average Bonchev–Trinajstić information content (AvgIpc) is 2.79. The number of para-hydroxylation sites is 1. The van der Waals surface area contributed by atoms with Crippen LogP contribution in [-0.2, 0) is 0 Å². The highest BCUT2D eigenvalue weighted by Crippen LogP contribution is 2.26. The van der Waals surface area contributed by atoms with Crippen molar-refractivity contribution in [1.82, 2.24) is 14.5 Å². The number of benzene rings is 1. The summed E-state index contributed by atoms with van der Waals surface area (Å²) in [6.07, 6.45) is 3.79. The highest BCUT2D eigenvalue weighted by atomic mass is 79.9. The Morgan fingerprint density at radius 1 is 1.35 bits per heavy atom. The largest absolute Gasteiger partial charge is 0.337 e. The normalized spacial score (nSPS) is 11.4. The van der Waals surface area contributed by atoms with Crippen molar-refractivity contribution in [2.45, 2.75) is 19.8 Å². The van der Waals surface area contributed by atoms with Crippen molar-refractivity contribution in [3.8, 4) is 5.69 Å². The van der Waals surface area contributed by atoms with Crippen LogP contribution in [0.3, 0.4) is 0 Å². The summed E-state index contributed by atoms with van der Waals surface area (Å²) >= 11 is 8.90. The molecule has 3 rings (SSSR count). The molecular formula is C15H14BrN3S. The van der Waals surface area contributed by atoms with Gasteiger partial charge in [-0.3, -0.25) is 9.55 Å². The van der Waals surface area contributed by atoms with Gasteiger partial charge < -0.3 is 4.98 Å². The molecular weight excluding hydrogens is 334 g/mol. The zero-order valence-corrected chi connectivity index (χ0v) is 13.6. The molecule has 0 spiro atoms. The number of nitrogens with one attached hydrogen (secondary N) is 1. The van der Waals surface area contributed by atoms with Gasteiger partial charge >= 0.3 is 0 Å². The molecule has 20 heavy (non-hydrogen) atoms. The van der Waals surface area contributed by atoms with Gasteiger partial charge in [-0.15, -0.1) is 0 Å². The van der Waals surface area contributed by atoms with Crippen molar-refractivity contribution < 1.29 is 0 Å². The number of halogens is 1. The van der Waals surface area contributed by atoms with Gasteiger partial charge in [-0.1, -0.05) is 26.0 Å². The second-order valence-corrected chi connectivity index (χ2v) is 6.31. The molecule has 0 bridgehead atoms. The Bertz CT molecular complexity index is 832. The number of nitrogens with zero attached hydrogens (tertiary/aromatic N) is 2. The monoisotopic (exact) mass is 347 g/mol. The Hall–Kier alpha value is -1.46. The van der Waals surface area contributed by atoms with Crippen LogP contribution in [0.4, 0.5) is 0 Å². The van der Waals surface area contributed by atoms with Crippen molar-refractivity contribution in [3.05, 3.63) is 51.6 Å². The molecule has 0 unspecified atom stereocenters. The van der Waals surface area contributed by atoms with Crippen LogP contribution in [0.15, 0.2) is 41.1 Å². The van der Waals surface area contributed by atoms with E-state index in [9.17, 15) is 0 Å². The van der Waals surface area contributed by atoms with E-state index in [1.807, 2.05) is 18.5 Å². The van der Waals surface area contributed by atoms with Gasteiger partial charge in [0.25, 0.3) is 0 Å². The van der Waals surface area contributed by atoms with Crippen molar-refractivity contribution >= 4 is 39.1 Å². The summed E-state index contributed by atoms with van der Waals surface area (Å²) in [6, 6.07) is 8.21. The third kappa shape index (κ3) is 2.21. The molecule has 0 atom stereocenters. The number of aromatic amines is 1. The molecule has 2 aromatic heterocycles. The van der Waals surface area contributed by atoms with Crippen LogP contribution in [0.2, 0.25) is 0 Å². The lowest BCUT2D eigenvalue weighted by molar-refractivity contribution is 0.785. The molecule has 0 aliphatic carbocycles. The van der Waals surface area contributed by atoms with Gasteiger partial charge in [0.1, 0.15) is 0 Å². The highest BCUT2D eigenvalue weighted by molar-refractivity contribution is 9.10. The van der Waals surface area contributed by atoms with Crippen LogP contribution in [0.25, 0.3) is 16.6 Å². The van der Waals surface area contributed by atoms with E-state index in [0.717, 1.165) is 26.8 Å². The molecule has 0 aliphatic heterocycles. The maximum absolute atomic E-state index is 5.43. The van der Waals surface area contributed by atoms with Crippen LogP contribution >= 0.6 is 28.1 Å². The van der Waals surface area contributed by atoms with Gasteiger partial charge in [0.05, 0.1) is 11.2 Å². The van der Waals surface area contributed by atoms with Gasteiger partial charge in [0, 0.05) is 27.9 Å². The molecule has 3 aromatic rings. The number of pyridine rings is 1. The predicted molar refractivity (Wildman–Crippen MR) is 88.0 cm³/mol. The van der Waals surface area contributed by atoms with Gasteiger partial charge in [0.2, 0.25) is 0 Å². The number of H-pyrrole nitrogens is 1. The summed E-state index contributed by atoms with van der Waals surface area (Å²) in [7, 11) is 0. The first-order valence-corrected chi connectivity index (χ1v) is 7.63. The molecule has 0 amide bonds. The lowest BCUT2D eigenvalue weighted by atomic mass is 10.1. The van der Waals surface area contributed by atoms with Gasteiger partial charge in [-0.2, -0.15) is 0 Å². The van der Waals surface area contributed by atoms with E-state index in [0.29, 0.717) is 10.7 Å². The molecule has 1 N–H and O–H groups in total. The summed E-state index contributed by atoms with van der Waals surface area (Å²) in [6.45, 7) is 4.31. The minimum Gasteiger partial charge on any atom is -0.337 e. The first-order valence-electron chi connectivity index (χ1n) is 6.43. The topological polar surface area (TPSA) is 33.6 Å². The number of imidazole rings is 1. The van der Waals surface area contributed by atoms with Crippen LogP contribution in [-0.4, -0.2) is 14.5 Å². The van der Waals surface area contributed by atoms with Crippen LogP contribution in [0, 0.1) is 4.77 Å². The van der Waals surface area contributed by atoms with E-state index >= 15 is 0 Å². The first-order chi connectivity index (χ1) is 9.58. The lowest BCUT2D eigenvalue weighted by Crippen LogP contribution is -2.03. The van der Waals surface area contributed by atoms with Gasteiger partial charge in [-0.25, -0.2) is 0 Å². The number of rotatable bonds is 2. The van der Waals surface area contributed by atoms with E-state index in [4.69, 9.17) is 12.2 Å². The third-order valence-electron chi connectivity index (χ3n) is 3.29. The fourth-order valence-electron chi connectivity index (χ4n) is 2.35. The fraction of sp³-hybridized carbons (Fsp3) is 0.200. The minimum absolute atomic E-state index is 0.383. The lowest BCUT2D eigenvalue weighted by Gasteiger charge is -2.13. The first kappa shape index (κ1) is 13.5. The highest BCUT2D eigenvalue weighted by Gasteiger charge is 2.12. The maximum atomic E-state index is 5.43. The Kier molecular flexibility index (Phi) is 3.48. The quantitative estimate of drug-likeness (QED) is 0.664. The average molecular weight is 348 g/mol. The van der Waals surface area contributed by atoms with Gasteiger partial charge in [-0.05, 0) is 46.2 Å². The number of aromatic nitrogens is 3. The summed E-state index contributed by atoms with van der Waals surface area (Å²) in [5.41, 5.74) is 3.13. The van der Waals surface area contributed by atoms with E-state index in [-0.39, 0.29) is 0 Å². The number of hydrogen-bond donors (Lipinski definition) is 1. The third-order valence-corrected chi connectivity index (χ3v) is 4.03. The summed E-state index contributed by atoms with van der Waals surface area (Å²) in [4.78, 5) is 7.68. The van der Waals surface area contributed by atoms with E-state index in [1.54, 1.807) is 0 Å². The Balaban J connectivity index is 2.36. The standard InChI is InChI=1S/C15H14BrN3S/c1-9(2)13-8-18-15(20)19(13)12-5-3-4-10-6-11(16)7-17-14(10)12/h3-9H,1-2H3,(H,18,20). The van der Waals surface area contributed by atoms with Gasteiger partial charge in [0.15, 0.2) is 4.77 Å². The number of fused-ring (bicyclic) bond motifs is 1. The van der Waals surface area contributed by atoms with Crippen molar-refractivity contribution in [1.29, 1.82) is 0 Å². The van der Waals surface area contributed by atoms with Crippen LogP contribution in [0.1, 0.15) is 25.5 Å². The van der Waals surface area contributed by atoms with E-state index < -0.39 is 0 Å². The molecule has 0 saturated heterocycles. The molecule has 3 nitrogen and oxygen atoms in total. The Labute approximate surface area is 130 Å². The molecule has 0 radical (unpaired) electrons. The summed E-state index contributed by atoms with van der Waals surface area (Å²) < 4.78 is 3.75.